The van der Waals surface area contributed by atoms with Crippen LogP contribution in [-0.4, -0.2) is 31.5 Å². The maximum Gasteiger partial charge on any atom is 0.236 e. The highest BCUT2D eigenvalue weighted by atomic mass is 35.5. The van der Waals surface area contributed by atoms with Gasteiger partial charge in [-0.3, -0.25) is 4.79 Å². The van der Waals surface area contributed by atoms with Crippen molar-refractivity contribution >= 4 is 17.5 Å². The Labute approximate surface area is 106 Å². The largest absolute Gasteiger partial charge is 0.495 e. The number of methoxy groups -OCH3 is 1. The monoisotopic (exact) mass is 256 g/mol. The SMILES string of the molecule is COc1cc(C)c(CN(C)C(=O)CN)cc1Cl. The second-order valence-electron chi connectivity index (χ2n) is 3.87. The Morgan fingerprint density at radius 2 is 2.18 bits per heavy atom. The first-order valence-corrected chi connectivity index (χ1v) is 5.64. The Kier molecular flexibility index (Phi) is 4.78. The van der Waals surface area contributed by atoms with Crippen LogP contribution in [0.3, 0.4) is 0 Å². The molecular weight excluding hydrogens is 240 g/mol. The molecule has 0 bridgehead atoms. The molecule has 0 saturated heterocycles. The van der Waals surface area contributed by atoms with Crippen LogP contribution in [0.25, 0.3) is 0 Å². The zero-order chi connectivity index (χ0) is 13.0. The molecule has 0 radical (unpaired) electrons. The number of ether oxygens (including phenoxy) is 1. The van der Waals surface area contributed by atoms with Crippen LogP contribution in [0, 0.1) is 6.92 Å². The Balaban J connectivity index is 2.92. The number of nitrogens with two attached hydrogens (primary N) is 1. The van der Waals surface area contributed by atoms with Gasteiger partial charge in [0, 0.05) is 13.6 Å². The van der Waals surface area contributed by atoms with E-state index in [2.05, 4.69) is 0 Å². The van der Waals surface area contributed by atoms with E-state index in [-0.39, 0.29) is 12.5 Å². The number of likely N-dealkylation sites (N-methyl/N-ethyl adjacent to an activating group) is 1. The molecule has 0 atom stereocenters. The minimum Gasteiger partial charge on any atom is -0.495 e. The highest BCUT2D eigenvalue weighted by Gasteiger charge is 2.11. The van der Waals surface area contributed by atoms with Crippen molar-refractivity contribution in [3.8, 4) is 5.75 Å². The zero-order valence-corrected chi connectivity index (χ0v) is 11.0. The summed E-state index contributed by atoms with van der Waals surface area (Å²) >= 11 is 6.05. The first kappa shape index (κ1) is 13.8. The summed E-state index contributed by atoms with van der Waals surface area (Å²) in [6, 6.07) is 3.68. The van der Waals surface area contributed by atoms with Gasteiger partial charge in [0.05, 0.1) is 18.7 Å². The molecule has 0 spiro atoms. The molecule has 1 aromatic carbocycles. The fourth-order valence-electron chi connectivity index (χ4n) is 1.52. The van der Waals surface area contributed by atoms with Crippen molar-refractivity contribution in [2.45, 2.75) is 13.5 Å². The number of hydrogen-bond donors (Lipinski definition) is 1. The third kappa shape index (κ3) is 3.35. The molecule has 0 aromatic heterocycles. The highest BCUT2D eigenvalue weighted by Crippen LogP contribution is 2.28. The summed E-state index contributed by atoms with van der Waals surface area (Å²) in [5.74, 6) is 0.539. The summed E-state index contributed by atoms with van der Waals surface area (Å²) in [7, 11) is 3.29. The minimum absolute atomic E-state index is 0.0133. The lowest BCUT2D eigenvalue weighted by Crippen LogP contribution is -2.32. The van der Waals surface area contributed by atoms with Crippen LogP contribution in [0.1, 0.15) is 11.1 Å². The van der Waals surface area contributed by atoms with E-state index in [9.17, 15) is 4.79 Å². The fourth-order valence-corrected chi connectivity index (χ4v) is 1.79. The Morgan fingerprint density at radius 3 is 2.71 bits per heavy atom. The molecule has 4 nitrogen and oxygen atoms in total. The number of carbonyl (C=O) groups is 1. The van der Waals surface area contributed by atoms with Gasteiger partial charge >= 0.3 is 0 Å². The van der Waals surface area contributed by atoms with E-state index in [4.69, 9.17) is 22.1 Å². The van der Waals surface area contributed by atoms with Crippen molar-refractivity contribution in [1.29, 1.82) is 0 Å². The number of hydrogen-bond acceptors (Lipinski definition) is 3. The maximum absolute atomic E-state index is 11.4. The first-order chi connectivity index (χ1) is 7.99. The number of aryl methyl sites for hydroxylation is 1. The van der Waals surface area contributed by atoms with Gasteiger partial charge in [-0.25, -0.2) is 0 Å². The van der Waals surface area contributed by atoms with Gasteiger partial charge in [-0.1, -0.05) is 11.6 Å². The third-order valence-electron chi connectivity index (χ3n) is 2.62. The summed E-state index contributed by atoms with van der Waals surface area (Å²) in [6.45, 7) is 2.46. The fraction of sp³-hybridized carbons (Fsp3) is 0.417. The average Bonchev–Trinajstić information content (AvgIpc) is 2.32. The standard InChI is InChI=1S/C12H17ClN2O2/c1-8-4-11(17-3)10(13)5-9(8)7-15(2)12(16)6-14/h4-5H,6-7,14H2,1-3H3. The zero-order valence-electron chi connectivity index (χ0n) is 10.3. The molecule has 1 amide bonds. The van der Waals surface area contributed by atoms with E-state index < -0.39 is 0 Å². The van der Waals surface area contributed by atoms with E-state index in [1.165, 1.54) is 0 Å². The number of amides is 1. The molecule has 1 rings (SSSR count). The molecule has 0 unspecified atom stereocenters. The van der Waals surface area contributed by atoms with Crippen molar-refractivity contribution in [2.75, 3.05) is 20.7 Å². The van der Waals surface area contributed by atoms with E-state index in [1.54, 1.807) is 19.1 Å². The topological polar surface area (TPSA) is 55.6 Å². The van der Waals surface area contributed by atoms with Gasteiger partial charge in [0.1, 0.15) is 5.75 Å². The van der Waals surface area contributed by atoms with Gasteiger partial charge in [-0.2, -0.15) is 0 Å². The number of rotatable bonds is 4. The lowest BCUT2D eigenvalue weighted by atomic mass is 10.1. The predicted octanol–water partition coefficient (Wildman–Crippen LogP) is 1.57. The molecule has 5 heteroatoms. The summed E-state index contributed by atoms with van der Waals surface area (Å²) in [5, 5.41) is 0.543. The van der Waals surface area contributed by atoms with Gasteiger partial charge in [-0.15, -0.1) is 0 Å². The third-order valence-corrected chi connectivity index (χ3v) is 2.91. The van der Waals surface area contributed by atoms with Gasteiger partial charge in [0.2, 0.25) is 5.91 Å². The summed E-state index contributed by atoms with van der Waals surface area (Å²) in [4.78, 5) is 13.0. The molecule has 0 fully saturated rings. The number of carbonyl (C=O) groups excluding carboxylic acids is 1. The van der Waals surface area contributed by atoms with Gasteiger partial charge in [0.25, 0.3) is 0 Å². The second-order valence-corrected chi connectivity index (χ2v) is 4.27. The lowest BCUT2D eigenvalue weighted by molar-refractivity contribution is -0.128. The molecule has 0 aliphatic rings. The smallest absolute Gasteiger partial charge is 0.236 e. The molecule has 0 heterocycles. The Bertz CT molecular complexity index is 421. The molecular formula is C12H17ClN2O2. The molecule has 1 aromatic rings. The van der Waals surface area contributed by atoms with Crippen LogP contribution < -0.4 is 10.5 Å². The number of halogens is 1. The first-order valence-electron chi connectivity index (χ1n) is 5.26. The number of nitrogens with zero attached hydrogens (tertiary/aromatic N) is 1. The van der Waals surface area contributed by atoms with Gasteiger partial charge in [-0.05, 0) is 30.2 Å². The Morgan fingerprint density at radius 1 is 1.53 bits per heavy atom. The van der Waals surface area contributed by atoms with Crippen LogP contribution in [-0.2, 0) is 11.3 Å². The van der Waals surface area contributed by atoms with E-state index in [0.717, 1.165) is 11.1 Å². The lowest BCUT2D eigenvalue weighted by Gasteiger charge is -2.18. The number of benzene rings is 1. The predicted molar refractivity (Wildman–Crippen MR) is 68.3 cm³/mol. The second kappa shape index (κ2) is 5.89. The summed E-state index contributed by atoms with van der Waals surface area (Å²) < 4.78 is 5.12. The van der Waals surface area contributed by atoms with Crippen LogP contribution in [0.15, 0.2) is 12.1 Å². The minimum atomic E-state index is -0.101. The molecule has 0 aliphatic carbocycles. The van der Waals surface area contributed by atoms with E-state index >= 15 is 0 Å². The maximum atomic E-state index is 11.4. The van der Waals surface area contributed by atoms with Crippen molar-refractivity contribution in [1.82, 2.24) is 4.90 Å². The van der Waals surface area contributed by atoms with Crippen molar-refractivity contribution in [2.24, 2.45) is 5.73 Å². The highest BCUT2D eigenvalue weighted by molar-refractivity contribution is 6.32. The average molecular weight is 257 g/mol. The molecule has 94 valence electrons. The van der Waals surface area contributed by atoms with E-state index in [1.807, 2.05) is 19.1 Å². The van der Waals surface area contributed by atoms with Gasteiger partial charge < -0.3 is 15.4 Å². The molecule has 17 heavy (non-hydrogen) atoms. The van der Waals surface area contributed by atoms with Crippen LogP contribution in [0.2, 0.25) is 5.02 Å². The summed E-state index contributed by atoms with van der Waals surface area (Å²) in [6.07, 6.45) is 0. The van der Waals surface area contributed by atoms with Crippen molar-refractivity contribution in [3.63, 3.8) is 0 Å². The summed E-state index contributed by atoms with van der Waals surface area (Å²) in [5.41, 5.74) is 7.32. The molecule has 0 aliphatic heterocycles. The van der Waals surface area contributed by atoms with Crippen molar-refractivity contribution < 1.29 is 9.53 Å². The molecule has 2 N–H and O–H groups in total. The van der Waals surface area contributed by atoms with E-state index in [0.29, 0.717) is 17.3 Å². The quantitative estimate of drug-likeness (QED) is 0.890. The van der Waals surface area contributed by atoms with Crippen LogP contribution in [0.5, 0.6) is 5.75 Å². The normalized spacial score (nSPS) is 10.2. The Hall–Kier alpha value is -1.26. The van der Waals surface area contributed by atoms with Gasteiger partial charge in [0.15, 0.2) is 0 Å². The van der Waals surface area contributed by atoms with Crippen LogP contribution >= 0.6 is 11.6 Å². The van der Waals surface area contributed by atoms with Crippen LogP contribution in [0.4, 0.5) is 0 Å². The molecule has 0 saturated carbocycles. The van der Waals surface area contributed by atoms with Crippen molar-refractivity contribution in [3.05, 3.63) is 28.3 Å².